The zero-order valence-corrected chi connectivity index (χ0v) is 17.3. The van der Waals surface area contributed by atoms with Crippen LogP contribution in [0.2, 0.25) is 5.02 Å². The van der Waals surface area contributed by atoms with Gasteiger partial charge in [0.15, 0.2) is 0 Å². The smallest absolute Gasteiger partial charge is 0.407 e. The van der Waals surface area contributed by atoms with Crippen molar-refractivity contribution in [2.45, 2.75) is 65.3 Å². The number of benzene rings is 1. The Balaban J connectivity index is 2.72. The molecule has 27 heavy (non-hydrogen) atoms. The van der Waals surface area contributed by atoms with E-state index in [4.69, 9.17) is 26.2 Å². The monoisotopic (exact) mass is 404 g/mol. The first-order chi connectivity index (χ1) is 12.5. The summed E-state index contributed by atoms with van der Waals surface area (Å²) in [7, 11) is 0. The molecule has 1 rings (SSSR count). The highest BCUT2D eigenvalue weighted by atomic mass is 35.5. The normalized spacial score (nSPS) is 13.8. The summed E-state index contributed by atoms with van der Waals surface area (Å²) in [4.78, 5) is 11.7. The Hall–Kier alpha value is -1.57. The van der Waals surface area contributed by atoms with Crippen LogP contribution in [0.15, 0.2) is 12.1 Å². The molecule has 0 bridgehead atoms. The topological polar surface area (TPSA) is 79.8 Å². The third-order valence-corrected chi connectivity index (χ3v) is 4.01. The Morgan fingerprint density at radius 1 is 1.33 bits per heavy atom. The first kappa shape index (κ1) is 23.5. The third kappa shape index (κ3) is 8.77. The number of amides is 1. The number of alkyl carbamates (subject to hydrolysis) is 1. The molecule has 0 radical (unpaired) electrons. The SMILES string of the molecule is C[C@H](CCO)NCc1c(O[C@@H](C)CNC(=O)OC(C)(C)C)ccc(F)c1Cl. The quantitative estimate of drug-likeness (QED) is 0.585. The fourth-order valence-electron chi connectivity index (χ4n) is 2.22. The highest BCUT2D eigenvalue weighted by Gasteiger charge is 2.19. The van der Waals surface area contributed by atoms with E-state index in [1.807, 2.05) is 6.92 Å². The van der Waals surface area contributed by atoms with E-state index in [-0.39, 0.29) is 30.3 Å². The highest BCUT2D eigenvalue weighted by Crippen LogP contribution is 2.30. The molecule has 0 saturated heterocycles. The molecule has 0 aliphatic carbocycles. The van der Waals surface area contributed by atoms with Gasteiger partial charge in [0.25, 0.3) is 0 Å². The Kier molecular flexibility index (Phi) is 9.29. The van der Waals surface area contributed by atoms with Gasteiger partial charge in [0.05, 0.1) is 11.6 Å². The van der Waals surface area contributed by atoms with Crippen molar-refractivity contribution in [3.8, 4) is 5.75 Å². The Morgan fingerprint density at radius 2 is 2.00 bits per heavy atom. The Morgan fingerprint density at radius 3 is 2.59 bits per heavy atom. The summed E-state index contributed by atoms with van der Waals surface area (Å²) in [6, 6.07) is 2.79. The van der Waals surface area contributed by atoms with E-state index < -0.39 is 17.5 Å². The lowest BCUT2D eigenvalue weighted by Crippen LogP contribution is -2.37. The summed E-state index contributed by atoms with van der Waals surface area (Å²) in [6.07, 6.45) is -0.346. The minimum Gasteiger partial charge on any atom is -0.488 e. The molecule has 0 fully saturated rings. The molecule has 0 saturated carbocycles. The number of halogens is 2. The van der Waals surface area contributed by atoms with Gasteiger partial charge in [-0.2, -0.15) is 0 Å². The molecule has 1 aromatic rings. The van der Waals surface area contributed by atoms with Crippen LogP contribution in [0.3, 0.4) is 0 Å². The second kappa shape index (κ2) is 10.7. The predicted molar refractivity (Wildman–Crippen MR) is 104 cm³/mol. The lowest BCUT2D eigenvalue weighted by Gasteiger charge is -2.22. The summed E-state index contributed by atoms with van der Waals surface area (Å²) in [6.45, 7) is 9.61. The van der Waals surface area contributed by atoms with Gasteiger partial charge in [-0.05, 0) is 53.2 Å². The van der Waals surface area contributed by atoms with Gasteiger partial charge in [-0.3, -0.25) is 0 Å². The zero-order chi connectivity index (χ0) is 20.6. The van der Waals surface area contributed by atoms with E-state index in [1.54, 1.807) is 27.7 Å². The molecule has 0 aliphatic heterocycles. The molecule has 154 valence electrons. The van der Waals surface area contributed by atoms with E-state index >= 15 is 0 Å². The van der Waals surface area contributed by atoms with Gasteiger partial charge in [0.2, 0.25) is 0 Å². The molecule has 0 aromatic heterocycles. The summed E-state index contributed by atoms with van der Waals surface area (Å²) in [5, 5.41) is 14.8. The molecule has 0 aliphatic rings. The minimum absolute atomic E-state index is 0.0106. The van der Waals surface area contributed by atoms with Crippen molar-refractivity contribution in [1.29, 1.82) is 0 Å². The zero-order valence-electron chi connectivity index (χ0n) is 16.6. The standard InChI is InChI=1S/C19H30ClFN2O4/c1-12(8-9-24)22-11-14-16(7-6-15(21)17(14)20)26-13(2)10-23-18(25)27-19(3,4)5/h6-7,12-13,22,24H,8-11H2,1-5H3,(H,23,25)/t12-,13+/m1/s1. The molecule has 3 N–H and O–H groups in total. The molecular formula is C19H30ClFN2O4. The number of hydrogen-bond donors (Lipinski definition) is 3. The Bertz CT molecular complexity index is 622. The van der Waals surface area contributed by atoms with Gasteiger partial charge in [-0.15, -0.1) is 0 Å². The molecule has 1 aromatic carbocycles. The van der Waals surface area contributed by atoms with Gasteiger partial charge >= 0.3 is 6.09 Å². The predicted octanol–water partition coefficient (Wildman–Crippen LogP) is 3.63. The van der Waals surface area contributed by atoms with Gasteiger partial charge in [-0.1, -0.05) is 11.6 Å². The number of aliphatic hydroxyl groups excluding tert-OH is 1. The maximum Gasteiger partial charge on any atom is 0.407 e. The van der Waals surface area contributed by atoms with Crippen molar-refractivity contribution in [1.82, 2.24) is 10.6 Å². The van der Waals surface area contributed by atoms with Gasteiger partial charge in [0.1, 0.15) is 23.3 Å². The van der Waals surface area contributed by atoms with Gasteiger partial charge in [0, 0.05) is 24.8 Å². The van der Waals surface area contributed by atoms with Crippen molar-refractivity contribution < 1.29 is 23.8 Å². The summed E-state index contributed by atoms with van der Waals surface area (Å²) in [5.74, 6) is -0.0984. The van der Waals surface area contributed by atoms with Crippen molar-refractivity contribution in [3.63, 3.8) is 0 Å². The summed E-state index contributed by atoms with van der Waals surface area (Å²) >= 11 is 6.11. The maximum atomic E-state index is 13.9. The first-order valence-corrected chi connectivity index (χ1v) is 9.36. The molecule has 2 atom stereocenters. The van der Waals surface area contributed by atoms with E-state index in [0.29, 0.717) is 24.3 Å². The summed E-state index contributed by atoms with van der Waals surface area (Å²) < 4.78 is 24.9. The number of rotatable bonds is 9. The van der Waals surface area contributed by atoms with Crippen LogP contribution in [0.4, 0.5) is 9.18 Å². The average molecular weight is 405 g/mol. The first-order valence-electron chi connectivity index (χ1n) is 8.98. The van der Waals surface area contributed by atoms with Crippen LogP contribution in [0.1, 0.15) is 46.6 Å². The van der Waals surface area contributed by atoms with Crippen LogP contribution in [-0.4, -0.2) is 42.1 Å². The molecule has 0 spiro atoms. The lowest BCUT2D eigenvalue weighted by molar-refractivity contribution is 0.0505. The molecule has 8 heteroatoms. The fourth-order valence-corrected chi connectivity index (χ4v) is 2.44. The van der Waals surface area contributed by atoms with Crippen molar-refractivity contribution in [2.75, 3.05) is 13.2 Å². The average Bonchev–Trinajstić information content (AvgIpc) is 2.54. The van der Waals surface area contributed by atoms with E-state index in [1.165, 1.54) is 12.1 Å². The van der Waals surface area contributed by atoms with E-state index in [2.05, 4.69) is 10.6 Å². The van der Waals surface area contributed by atoms with Gasteiger partial charge in [-0.25, -0.2) is 9.18 Å². The molecule has 0 unspecified atom stereocenters. The molecule has 1 amide bonds. The molecule has 0 heterocycles. The van der Waals surface area contributed by atoms with E-state index in [9.17, 15) is 9.18 Å². The van der Waals surface area contributed by atoms with Crippen LogP contribution < -0.4 is 15.4 Å². The van der Waals surface area contributed by atoms with Crippen LogP contribution >= 0.6 is 11.6 Å². The number of aliphatic hydroxyl groups is 1. The van der Waals surface area contributed by atoms with Crippen molar-refractivity contribution >= 4 is 17.7 Å². The van der Waals surface area contributed by atoms with Crippen molar-refractivity contribution in [3.05, 3.63) is 28.5 Å². The largest absolute Gasteiger partial charge is 0.488 e. The number of hydrogen-bond acceptors (Lipinski definition) is 5. The number of carbonyl (C=O) groups is 1. The number of carbonyl (C=O) groups excluding carboxylic acids is 1. The maximum absolute atomic E-state index is 13.9. The second-order valence-electron chi connectivity index (χ2n) is 7.44. The van der Waals surface area contributed by atoms with E-state index in [0.717, 1.165) is 0 Å². The number of ether oxygens (including phenoxy) is 2. The fraction of sp³-hybridized carbons (Fsp3) is 0.632. The van der Waals surface area contributed by atoms with Crippen LogP contribution in [-0.2, 0) is 11.3 Å². The second-order valence-corrected chi connectivity index (χ2v) is 7.82. The lowest BCUT2D eigenvalue weighted by atomic mass is 10.1. The molecular weight excluding hydrogens is 375 g/mol. The van der Waals surface area contributed by atoms with Gasteiger partial charge < -0.3 is 25.2 Å². The minimum atomic E-state index is -0.581. The summed E-state index contributed by atoms with van der Waals surface area (Å²) in [5.41, 5.74) is -0.0893. The Labute approximate surface area is 165 Å². The van der Waals surface area contributed by atoms with Crippen LogP contribution in [0.5, 0.6) is 5.75 Å². The third-order valence-electron chi connectivity index (χ3n) is 3.60. The highest BCUT2D eigenvalue weighted by molar-refractivity contribution is 6.31. The number of nitrogens with one attached hydrogen (secondary N) is 2. The molecule has 6 nitrogen and oxygen atoms in total. The van der Waals surface area contributed by atoms with Crippen LogP contribution in [0.25, 0.3) is 0 Å². The van der Waals surface area contributed by atoms with Crippen LogP contribution in [0, 0.1) is 5.82 Å². The van der Waals surface area contributed by atoms with Crippen molar-refractivity contribution in [2.24, 2.45) is 0 Å².